The Bertz CT molecular complexity index is 366. The fourth-order valence-electron chi connectivity index (χ4n) is 1.39. The molecule has 0 bridgehead atoms. The van der Waals surface area contributed by atoms with Crippen molar-refractivity contribution < 1.29 is 9.59 Å². The minimum atomic E-state index is -0.630. The van der Waals surface area contributed by atoms with Crippen molar-refractivity contribution in [3.63, 3.8) is 0 Å². The molecule has 6 heteroatoms. The maximum Gasteiger partial charge on any atom is 0.241 e. The predicted octanol–water partition coefficient (Wildman–Crippen LogP) is -0.860. The summed E-state index contributed by atoms with van der Waals surface area (Å²) in [7, 11) is 0. The van der Waals surface area contributed by atoms with Crippen molar-refractivity contribution in [2.24, 2.45) is 11.7 Å². The summed E-state index contributed by atoms with van der Waals surface area (Å²) in [6.45, 7) is 0. The van der Waals surface area contributed by atoms with Crippen LogP contribution < -0.4 is 22.5 Å². The summed E-state index contributed by atoms with van der Waals surface area (Å²) in [6.07, 6.45) is -0.0381. The molecule has 0 heterocycles. The van der Waals surface area contributed by atoms with Gasteiger partial charge in [0.1, 0.15) is 0 Å². The van der Waals surface area contributed by atoms with Gasteiger partial charge in [-0.25, -0.2) is 11.7 Å². The van der Waals surface area contributed by atoms with Gasteiger partial charge in [0.15, 0.2) is 0 Å². The summed E-state index contributed by atoms with van der Waals surface area (Å²) in [6, 6.07) is 8.90. The van der Waals surface area contributed by atoms with Crippen molar-refractivity contribution in [3.05, 3.63) is 35.9 Å². The molecule has 6 N–H and O–H groups in total. The molecule has 0 aliphatic rings. The van der Waals surface area contributed by atoms with Crippen LogP contribution in [0.15, 0.2) is 30.3 Å². The van der Waals surface area contributed by atoms with Crippen LogP contribution in [0, 0.1) is 0 Å². The Morgan fingerprint density at radius 3 is 2.25 bits per heavy atom. The molecule has 1 atom stereocenters. The first kappa shape index (κ1) is 12.2. The van der Waals surface area contributed by atoms with Gasteiger partial charge in [0, 0.05) is 6.42 Å². The highest BCUT2D eigenvalue weighted by Crippen LogP contribution is 2.19. The maximum atomic E-state index is 11.5. The van der Waals surface area contributed by atoms with E-state index >= 15 is 0 Å². The second-order valence-electron chi connectivity index (χ2n) is 3.24. The number of hydrazine groups is 2. The first-order valence-corrected chi connectivity index (χ1v) is 4.74. The molecule has 0 radical (unpaired) electrons. The van der Waals surface area contributed by atoms with Crippen LogP contribution in [0.25, 0.3) is 0 Å². The van der Waals surface area contributed by atoms with Gasteiger partial charge in [-0.2, -0.15) is 0 Å². The van der Waals surface area contributed by atoms with Crippen molar-refractivity contribution in [2.45, 2.75) is 12.3 Å². The van der Waals surface area contributed by atoms with Crippen molar-refractivity contribution in [1.29, 1.82) is 0 Å². The van der Waals surface area contributed by atoms with Gasteiger partial charge >= 0.3 is 0 Å². The van der Waals surface area contributed by atoms with E-state index in [1.807, 2.05) is 16.9 Å². The van der Waals surface area contributed by atoms with Crippen LogP contribution in [0.4, 0.5) is 0 Å². The zero-order chi connectivity index (χ0) is 12.0. The highest BCUT2D eigenvalue weighted by atomic mass is 16.2. The number of carbonyl (C=O) groups is 2. The number of carbonyl (C=O) groups excluding carboxylic acids is 2. The standard InChI is InChI=1S/C10H14N4O2/c11-13-9(15)6-8(10(16)14-12)7-4-2-1-3-5-7/h1-5,8H,6,11-12H2,(H,13,15)(H,14,16)/t8-/m1/s1. The monoisotopic (exact) mass is 222 g/mol. The number of rotatable bonds is 4. The van der Waals surface area contributed by atoms with Crippen LogP contribution in [0.1, 0.15) is 17.9 Å². The lowest BCUT2D eigenvalue weighted by Crippen LogP contribution is -2.38. The van der Waals surface area contributed by atoms with Gasteiger partial charge in [-0.05, 0) is 5.56 Å². The average Bonchev–Trinajstić information content (AvgIpc) is 2.35. The summed E-state index contributed by atoms with van der Waals surface area (Å²) in [5.74, 6) is 8.57. The Morgan fingerprint density at radius 1 is 1.12 bits per heavy atom. The molecular formula is C10H14N4O2. The van der Waals surface area contributed by atoms with Gasteiger partial charge in [-0.3, -0.25) is 20.4 Å². The van der Waals surface area contributed by atoms with E-state index < -0.39 is 17.7 Å². The number of nitrogens with two attached hydrogens (primary N) is 2. The van der Waals surface area contributed by atoms with Crippen LogP contribution in [0.5, 0.6) is 0 Å². The van der Waals surface area contributed by atoms with Crippen LogP contribution in [0.3, 0.4) is 0 Å². The molecule has 1 aromatic carbocycles. The third-order valence-corrected chi connectivity index (χ3v) is 2.21. The summed E-state index contributed by atoms with van der Waals surface area (Å²) >= 11 is 0. The highest BCUT2D eigenvalue weighted by molar-refractivity contribution is 5.89. The van der Waals surface area contributed by atoms with Crippen molar-refractivity contribution in [1.82, 2.24) is 10.9 Å². The Hall–Kier alpha value is -1.92. The number of benzene rings is 1. The van der Waals surface area contributed by atoms with E-state index in [0.717, 1.165) is 0 Å². The molecule has 86 valence electrons. The fraction of sp³-hybridized carbons (Fsp3) is 0.200. The van der Waals surface area contributed by atoms with Crippen molar-refractivity contribution in [3.8, 4) is 0 Å². The lowest BCUT2D eigenvalue weighted by atomic mass is 9.95. The molecule has 16 heavy (non-hydrogen) atoms. The van der Waals surface area contributed by atoms with Crippen LogP contribution >= 0.6 is 0 Å². The van der Waals surface area contributed by atoms with E-state index in [-0.39, 0.29) is 6.42 Å². The molecule has 1 rings (SSSR count). The quantitative estimate of drug-likeness (QED) is 0.302. The number of hydrogen-bond acceptors (Lipinski definition) is 4. The number of amides is 2. The van der Waals surface area contributed by atoms with E-state index in [0.29, 0.717) is 5.56 Å². The summed E-state index contributed by atoms with van der Waals surface area (Å²) < 4.78 is 0. The van der Waals surface area contributed by atoms with Crippen LogP contribution in [-0.4, -0.2) is 11.8 Å². The first-order chi connectivity index (χ1) is 7.69. The highest BCUT2D eigenvalue weighted by Gasteiger charge is 2.22. The molecule has 0 aliphatic carbocycles. The van der Waals surface area contributed by atoms with Gasteiger partial charge in [0.05, 0.1) is 5.92 Å². The van der Waals surface area contributed by atoms with Gasteiger partial charge in [-0.1, -0.05) is 30.3 Å². The van der Waals surface area contributed by atoms with Gasteiger partial charge in [0.25, 0.3) is 0 Å². The Labute approximate surface area is 92.9 Å². The lowest BCUT2D eigenvalue weighted by Gasteiger charge is -2.14. The molecule has 0 saturated heterocycles. The van der Waals surface area contributed by atoms with E-state index in [9.17, 15) is 9.59 Å². The number of nitrogens with one attached hydrogen (secondary N) is 2. The summed E-state index contributed by atoms with van der Waals surface area (Å²) in [5, 5.41) is 0. The first-order valence-electron chi connectivity index (χ1n) is 4.74. The molecule has 1 aromatic rings. The molecule has 0 spiro atoms. The molecule has 0 aromatic heterocycles. The minimum Gasteiger partial charge on any atom is -0.294 e. The van der Waals surface area contributed by atoms with E-state index in [4.69, 9.17) is 11.7 Å². The zero-order valence-electron chi connectivity index (χ0n) is 8.64. The zero-order valence-corrected chi connectivity index (χ0v) is 8.64. The van der Waals surface area contributed by atoms with Crippen molar-refractivity contribution >= 4 is 11.8 Å². The third-order valence-electron chi connectivity index (χ3n) is 2.21. The molecular weight excluding hydrogens is 208 g/mol. The van der Waals surface area contributed by atoms with E-state index in [2.05, 4.69) is 0 Å². The van der Waals surface area contributed by atoms with Crippen LogP contribution in [0.2, 0.25) is 0 Å². The Balaban J connectivity index is 2.88. The molecule has 0 unspecified atom stereocenters. The Kier molecular flexibility index (Phi) is 4.43. The topological polar surface area (TPSA) is 110 Å². The average molecular weight is 222 g/mol. The SMILES string of the molecule is NNC(=O)C[C@@H](C(=O)NN)c1ccccc1. The van der Waals surface area contributed by atoms with Gasteiger partial charge in [0.2, 0.25) is 11.8 Å². The smallest absolute Gasteiger partial charge is 0.241 e. The molecule has 0 fully saturated rings. The second-order valence-corrected chi connectivity index (χ2v) is 3.24. The molecule has 6 nitrogen and oxygen atoms in total. The molecule has 2 amide bonds. The van der Waals surface area contributed by atoms with Gasteiger partial charge < -0.3 is 0 Å². The number of hydrogen-bond donors (Lipinski definition) is 4. The normalized spacial score (nSPS) is 11.6. The summed E-state index contributed by atoms with van der Waals surface area (Å²) in [4.78, 5) is 22.7. The Morgan fingerprint density at radius 2 is 1.75 bits per heavy atom. The minimum absolute atomic E-state index is 0.0381. The predicted molar refractivity (Wildman–Crippen MR) is 58.5 cm³/mol. The fourth-order valence-corrected chi connectivity index (χ4v) is 1.39. The third kappa shape index (κ3) is 3.04. The van der Waals surface area contributed by atoms with Crippen LogP contribution in [-0.2, 0) is 9.59 Å². The molecule has 0 aliphatic heterocycles. The van der Waals surface area contributed by atoms with E-state index in [1.54, 1.807) is 24.3 Å². The van der Waals surface area contributed by atoms with Gasteiger partial charge in [-0.15, -0.1) is 0 Å². The summed E-state index contributed by atoms with van der Waals surface area (Å²) in [5.41, 5.74) is 4.73. The van der Waals surface area contributed by atoms with E-state index in [1.165, 1.54) is 0 Å². The largest absolute Gasteiger partial charge is 0.294 e. The van der Waals surface area contributed by atoms with Crippen molar-refractivity contribution in [2.75, 3.05) is 0 Å². The second kappa shape index (κ2) is 5.84. The molecule has 0 saturated carbocycles. The maximum absolute atomic E-state index is 11.5. The lowest BCUT2D eigenvalue weighted by molar-refractivity contribution is -0.127.